The minimum atomic E-state index is -0.101. The molecule has 1 aliphatic rings. The van der Waals surface area contributed by atoms with Crippen molar-refractivity contribution >= 4 is 0 Å². The standard InChI is InChI=1S/C13H24O2/c1-6-14-12(5)15-13-10(3)8-7-9(2)11(13)4/h8-9,11-13H,6-7H2,1-5H3/t9?,11?,12?,13-/m0/s1. The van der Waals surface area contributed by atoms with E-state index in [4.69, 9.17) is 9.47 Å². The average molecular weight is 212 g/mol. The van der Waals surface area contributed by atoms with E-state index >= 15 is 0 Å². The summed E-state index contributed by atoms with van der Waals surface area (Å²) in [6, 6.07) is 0. The summed E-state index contributed by atoms with van der Waals surface area (Å²) in [5.41, 5.74) is 1.35. The van der Waals surface area contributed by atoms with Crippen LogP contribution in [0.3, 0.4) is 0 Å². The molecule has 0 radical (unpaired) electrons. The van der Waals surface area contributed by atoms with Gasteiger partial charge in [0.25, 0.3) is 0 Å². The molecule has 0 amide bonds. The van der Waals surface area contributed by atoms with Gasteiger partial charge in [-0.05, 0) is 44.6 Å². The van der Waals surface area contributed by atoms with E-state index in [0.29, 0.717) is 18.4 Å². The van der Waals surface area contributed by atoms with Crippen molar-refractivity contribution in [2.45, 2.75) is 53.4 Å². The normalized spacial score (nSPS) is 33.7. The topological polar surface area (TPSA) is 18.5 Å². The molecule has 0 saturated heterocycles. The van der Waals surface area contributed by atoms with Crippen LogP contribution in [0.15, 0.2) is 11.6 Å². The van der Waals surface area contributed by atoms with Crippen molar-refractivity contribution in [1.82, 2.24) is 0 Å². The van der Waals surface area contributed by atoms with Gasteiger partial charge < -0.3 is 9.47 Å². The molecule has 1 aliphatic carbocycles. The molecule has 0 fully saturated rings. The first-order valence-electron chi connectivity index (χ1n) is 6.00. The van der Waals surface area contributed by atoms with Gasteiger partial charge >= 0.3 is 0 Å². The van der Waals surface area contributed by atoms with Gasteiger partial charge in [0.2, 0.25) is 0 Å². The van der Waals surface area contributed by atoms with Gasteiger partial charge in [0.05, 0.1) is 6.10 Å². The second kappa shape index (κ2) is 5.66. The fourth-order valence-corrected chi connectivity index (χ4v) is 2.13. The van der Waals surface area contributed by atoms with Gasteiger partial charge in [-0.3, -0.25) is 0 Å². The third kappa shape index (κ3) is 3.32. The monoisotopic (exact) mass is 212 g/mol. The highest BCUT2D eigenvalue weighted by Gasteiger charge is 2.29. The van der Waals surface area contributed by atoms with Crippen LogP contribution in [-0.4, -0.2) is 19.0 Å². The van der Waals surface area contributed by atoms with Crippen LogP contribution < -0.4 is 0 Å². The first-order valence-corrected chi connectivity index (χ1v) is 6.00. The second-order valence-electron chi connectivity index (χ2n) is 4.60. The summed E-state index contributed by atoms with van der Waals surface area (Å²) in [4.78, 5) is 0. The number of hydrogen-bond acceptors (Lipinski definition) is 2. The quantitative estimate of drug-likeness (QED) is 0.525. The molecule has 2 heteroatoms. The van der Waals surface area contributed by atoms with Crippen LogP contribution in [-0.2, 0) is 9.47 Å². The molecular weight excluding hydrogens is 188 g/mol. The molecule has 15 heavy (non-hydrogen) atoms. The van der Waals surface area contributed by atoms with E-state index in [-0.39, 0.29) is 12.4 Å². The Kier molecular flexibility index (Phi) is 4.81. The molecule has 0 saturated carbocycles. The lowest BCUT2D eigenvalue weighted by atomic mass is 9.80. The number of rotatable bonds is 4. The Morgan fingerprint density at radius 2 is 2.13 bits per heavy atom. The van der Waals surface area contributed by atoms with E-state index in [1.54, 1.807) is 0 Å². The minimum absolute atomic E-state index is 0.101. The van der Waals surface area contributed by atoms with Gasteiger partial charge in [0, 0.05) is 6.61 Å². The zero-order valence-corrected chi connectivity index (χ0v) is 10.6. The van der Waals surface area contributed by atoms with Crippen LogP contribution in [0.2, 0.25) is 0 Å². The van der Waals surface area contributed by atoms with E-state index in [1.807, 2.05) is 13.8 Å². The van der Waals surface area contributed by atoms with Crippen molar-refractivity contribution in [1.29, 1.82) is 0 Å². The second-order valence-corrected chi connectivity index (χ2v) is 4.60. The number of ether oxygens (including phenoxy) is 2. The smallest absolute Gasteiger partial charge is 0.155 e. The lowest BCUT2D eigenvalue weighted by Crippen LogP contribution is -2.34. The van der Waals surface area contributed by atoms with Gasteiger partial charge in [-0.15, -0.1) is 0 Å². The summed E-state index contributed by atoms with van der Waals surface area (Å²) in [7, 11) is 0. The molecule has 3 unspecified atom stereocenters. The highest BCUT2D eigenvalue weighted by molar-refractivity contribution is 5.11. The zero-order valence-electron chi connectivity index (χ0n) is 10.6. The first kappa shape index (κ1) is 12.7. The number of hydrogen-bond donors (Lipinski definition) is 0. The number of allylic oxidation sites excluding steroid dienone is 1. The van der Waals surface area contributed by atoms with Crippen molar-refractivity contribution in [3.63, 3.8) is 0 Å². The molecular formula is C13H24O2. The van der Waals surface area contributed by atoms with Gasteiger partial charge in [0.15, 0.2) is 6.29 Å². The summed E-state index contributed by atoms with van der Waals surface area (Å²) >= 11 is 0. The lowest BCUT2D eigenvalue weighted by Gasteiger charge is -2.35. The van der Waals surface area contributed by atoms with Crippen LogP contribution in [0, 0.1) is 11.8 Å². The Morgan fingerprint density at radius 3 is 2.73 bits per heavy atom. The molecule has 0 aromatic heterocycles. The molecule has 0 spiro atoms. The predicted molar refractivity (Wildman–Crippen MR) is 62.7 cm³/mol. The van der Waals surface area contributed by atoms with Gasteiger partial charge in [-0.25, -0.2) is 0 Å². The van der Waals surface area contributed by atoms with E-state index < -0.39 is 0 Å². The van der Waals surface area contributed by atoms with Crippen LogP contribution in [0.4, 0.5) is 0 Å². The Labute approximate surface area is 93.7 Å². The van der Waals surface area contributed by atoms with E-state index in [9.17, 15) is 0 Å². The zero-order chi connectivity index (χ0) is 11.4. The van der Waals surface area contributed by atoms with Crippen molar-refractivity contribution in [2.75, 3.05) is 6.61 Å². The molecule has 0 aromatic carbocycles. The molecule has 4 atom stereocenters. The van der Waals surface area contributed by atoms with Crippen molar-refractivity contribution in [2.24, 2.45) is 11.8 Å². The molecule has 0 bridgehead atoms. The molecule has 0 aliphatic heterocycles. The summed E-state index contributed by atoms with van der Waals surface area (Å²) in [6.07, 6.45) is 3.61. The maximum atomic E-state index is 5.94. The molecule has 0 N–H and O–H groups in total. The van der Waals surface area contributed by atoms with Crippen LogP contribution in [0.25, 0.3) is 0 Å². The summed E-state index contributed by atoms with van der Waals surface area (Å²) < 4.78 is 11.4. The van der Waals surface area contributed by atoms with E-state index in [0.717, 1.165) is 0 Å². The molecule has 0 heterocycles. The van der Waals surface area contributed by atoms with E-state index in [2.05, 4.69) is 26.8 Å². The maximum absolute atomic E-state index is 5.94. The van der Waals surface area contributed by atoms with Gasteiger partial charge in [-0.1, -0.05) is 19.9 Å². The van der Waals surface area contributed by atoms with Crippen molar-refractivity contribution < 1.29 is 9.47 Å². The van der Waals surface area contributed by atoms with Gasteiger partial charge in [-0.2, -0.15) is 0 Å². The fourth-order valence-electron chi connectivity index (χ4n) is 2.13. The Morgan fingerprint density at radius 1 is 1.47 bits per heavy atom. The summed E-state index contributed by atoms with van der Waals surface area (Å²) in [5, 5.41) is 0. The van der Waals surface area contributed by atoms with Crippen LogP contribution >= 0.6 is 0 Å². The molecule has 2 nitrogen and oxygen atoms in total. The highest BCUT2D eigenvalue weighted by atomic mass is 16.7. The highest BCUT2D eigenvalue weighted by Crippen LogP contribution is 2.32. The van der Waals surface area contributed by atoms with Crippen LogP contribution in [0.1, 0.15) is 41.0 Å². The largest absolute Gasteiger partial charge is 0.353 e. The molecule has 88 valence electrons. The van der Waals surface area contributed by atoms with Crippen LogP contribution in [0.5, 0.6) is 0 Å². The SMILES string of the molecule is CCOC(C)O[C@H]1C(C)=CCC(C)C1C. The Hall–Kier alpha value is -0.340. The fraction of sp³-hybridized carbons (Fsp3) is 0.846. The first-order chi connectivity index (χ1) is 7.06. The van der Waals surface area contributed by atoms with Crippen molar-refractivity contribution in [3.05, 3.63) is 11.6 Å². The molecule has 0 aromatic rings. The van der Waals surface area contributed by atoms with Crippen molar-refractivity contribution in [3.8, 4) is 0 Å². The average Bonchev–Trinajstić information content (AvgIpc) is 2.19. The lowest BCUT2D eigenvalue weighted by molar-refractivity contribution is -0.163. The Balaban J connectivity index is 2.58. The third-order valence-corrected chi connectivity index (χ3v) is 3.38. The minimum Gasteiger partial charge on any atom is -0.353 e. The maximum Gasteiger partial charge on any atom is 0.155 e. The summed E-state index contributed by atoms with van der Waals surface area (Å²) in [6.45, 7) is 11.4. The van der Waals surface area contributed by atoms with E-state index in [1.165, 1.54) is 12.0 Å². The summed E-state index contributed by atoms with van der Waals surface area (Å²) in [5.74, 6) is 1.28. The third-order valence-electron chi connectivity index (χ3n) is 3.38. The predicted octanol–water partition coefficient (Wildman–Crippen LogP) is 3.38. The van der Waals surface area contributed by atoms with Gasteiger partial charge in [0.1, 0.15) is 0 Å². The Bertz CT molecular complexity index is 223. The molecule has 1 rings (SSSR count).